The standard InChI is InChI=1S/C12H7Cl2N3/c13-9-5-4-8(7-15)10(6-9)16-12-3-1-2-11(14)17-12/h1-6H,(H,16,17). The van der Waals surface area contributed by atoms with Crippen LogP contribution in [0.5, 0.6) is 0 Å². The van der Waals surface area contributed by atoms with E-state index < -0.39 is 0 Å². The molecule has 0 spiro atoms. The summed E-state index contributed by atoms with van der Waals surface area (Å²) in [6.45, 7) is 0. The van der Waals surface area contributed by atoms with Gasteiger partial charge in [0.2, 0.25) is 0 Å². The number of hydrogen-bond acceptors (Lipinski definition) is 3. The molecule has 1 heterocycles. The van der Waals surface area contributed by atoms with Crippen molar-refractivity contribution < 1.29 is 0 Å². The Hall–Kier alpha value is -1.76. The molecule has 0 radical (unpaired) electrons. The maximum Gasteiger partial charge on any atom is 0.132 e. The van der Waals surface area contributed by atoms with E-state index in [0.717, 1.165) is 0 Å². The van der Waals surface area contributed by atoms with Gasteiger partial charge in [-0.1, -0.05) is 29.3 Å². The summed E-state index contributed by atoms with van der Waals surface area (Å²) < 4.78 is 0. The topological polar surface area (TPSA) is 48.7 Å². The van der Waals surface area contributed by atoms with Gasteiger partial charge in [0.15, 0.2) is 0 Å². The van der Waals surface area contributed by atoms with E-state index in [4.69, 9.17) is 28.5 Å². The van der Waals surface area contributed by atoms with Crippen molar-refractivity contribution in [1.82, 2.24) is 4.98 Å². The van der Waals surface area contributed by atoms with Crippen molar-refractivity contribution in [3.05, 3.63) is 52.1 Å². The van der Waals surface area contributed by atoms with Gasteiger partial charge in [-0.05, 0) is 30.3 Å². The van der Waals surface area contributed by atoms with E-state index in [-0.39, 0.29) is 0 Å². The summed E-state index contributed by atoms with van der Waals surface area (Å²) in [6.07, 6.45) is 0. The van der Waals surface area contributed by atoms with Crippen LogP contribution in [0.15, 0.2) is 36.4 Å². The van der Waals surface area contributed by atoms with Gasteiger partial charge < -0.3 is 5.32 Å². The lowest BCUT2D eigenvalue weighted by atomic mass is 10.2. The lowest BCUT2D eigenvalue weighted by Crippen LogP contribution is -1.95. The summed E-state index contributed by atoms with van der Waals surface area (Å²) in [5.74, 6) is 0.566. The second kappa shape index (κ2) is 5.05. The molecule has 5 heteroatoms. The molecule has 1 aromatic heterocycles. The zero-order chi connectivity index (χ0) is 12.3. The number of halogens is 2. The van der Waals surface area contributed by atoms with Gasteiger partial charge in [-0.3, -0.25) is 0 Å². The van der Waals surface area contributed by atoms with Crippen LogP contribution in [0.25, 0.3) is 0 Å². The summed E-state index contributed by atoms with van der Waals surface area (Å²) in [4.78, 5) is 4.08. The van der Waals surface area contributed by atoms with E-state index in [0.29, 0.717) is 27.2 Å². The third kappa shape index (κ3) is 2.88. The molecule has 2 aromatic rings. The first kappa shape index (κ1) is 11.7. The number of aromatic nitrogens is 1. The number of benzene rings is 1. The van der Waals surface area contributed by atoms with Crippen LogP contribution in [-0.2, 0) is 0 Å². The average molecular weight is 264 g/mol. The van der Waals surface area contributed by atoms with Crippen molar-refractivity contribution in [2.75, 3.05) is 5.32 Å². The summed E-state index contributed by atoms with van der Waals surface area (Å²) in [5, 5.41) is 12.9. The number of hydrogen-bond donors (Lipinski definition) is 1. The van der Waals surface area contributed by atoms with Crippen molar-refractivity contribution in [3.63, 3.8) is 0 Å². The molecule has 84 valence electrons. The average Bonchev–Trinajstić information content (AvgIpc) is 2.29. The van der Waals surface area contributed by atoms with Crippen molar-refractivity contribution in [3.8, 4) is 6.07 Å². The molecule has 1 N–H and O–H groups in total. The molecule has 0 bridgehead atoms. The monoisotopic (exact) mass is 263 g/mol. The number of nitriles is 1. The fourth-order valence-electron chi connectivity index (χ4n) is 1.33. The van der Waals surface area contributed by atoms with Gasteiger partial charge in [0.1, 0.15) is 17.0 Å². The van der Waals surface area contributed by atoms with Gasteiger partial charge >= 0.3 is 0 Å². The SMILES string of the molecule is N#Cc1ccc(Cl)cc1Nc1cccc(Cl)n1. The number of nitrogens with one attached hydrogen (secondary N) is 1. The molecular weight excluding hydrogens is 257 g/mol. The molecule has 3 nitrogen and oxygen atoms in total. The van der Waals surface area contributed by atoms with Gasteiger partial charge in [-0.2, -0.15) is 5.26 Å². The summed E-state index contributed by atoms with van der Waals surface area (Å²) in [7, 11) is 0. The lowest BCUT2D eigenvalue weighted by Gasteiger charge is -2.07. The smallest absolute Gasteiger partial charge is 0.132 e. The van der Waals surface area contributed by atoms with Crippen LogP contribution in [0.1, 0.15) is 5.56 Å². The highest BCUT2D eigenvalue weighted by atomic mass is 35.5. The largest absolute Gasteiger partial charge is 0.339 e. The van der Waals surface area contributed by atoms with Crippen LogP contribution >= 0.6 is 23.2 Å². The second-order valence-corrected chi connectivity index (χ2v) is 4.10. The van der Waals surface area contributed by atoms with E-state index in [1.54, 1.807) is 36.4 Å². The third-order valence-electron chi connectivity index (χ3n) is 2.08. The van der Waals surface area contributed by atoms with Crippen LogP contribution < -0.4 is 5.32 Å². The van der Waals surface area contributed by atoms with E-state index in [1.807, 2.05) is 0 Å². The quantitative estimate of drug-likeness (QED) is 0.834. The van der Waals surface area contributed by atoms with Gasteiger partial charge in [0, 0.05) is 5.02 Å². The maximum absolute atomic E-state index is 8.96. The van der Waals surface area contributed by atoms with Gasteiger partial charge in [-0.25, -0.2) is 4.98 Å². The number of nitrogens with zero attached hydrogens (tertiary/aromatic N) is 2. The Balaban J connectivity index is 2.36. The minimum absolute atomic E-state index is 0.385. The molecule has 0 saturated carbocycles. The van der Waals surface area contributed by atoms with Crippen molar-refractivity contribution in [2.24, 2.45) is 0 Å². The fourth-order valence-corrected chi connectivity index (χ4v) is 1.67. The Labute approximate surface area is 109 Å². The van der Waals surface area contributed by atoms with E-state index in [9.17, 15) is 0 Å². The fraction of sp³-hybridized carbons (Fsp3) is 0. The first-order chi connectivity index (χ1) is 8.19. The number of anilines is 2. The van der Waals surface area contributed by atoms with Gasteiger partial charge in [0.05, 0.1) is 11.3 Å². The Bertz CT molecular complexity index is 591. The molecule has 2 rings (SSSR count). The highest BCUT2D eigenvalue weighted by Gasteiger charge is 2.04. The molecule has 0 amide bonds. The van der Waals surface area contributed by atoms with Crippen LogP contribution in [-0.4, -0.2) is 4.98 Å². The molecule has 0 fully saturated rings. The normalized spacial score (nSPS) is 9.71. The minimum Gasteiger partial charge on any atom is -0.339 e. The molecule has 17 heavy (non-hydrogen) atoms. The van der Waals surface area contributed by atoms with E-state index >= 15 is 0 Å². The molecule has 0 unspecified atom stereocenters. The predicted octanol–water partition coefficient (Wildman–Crippen LogP) is 4.00. The van der Waals surface area contributed by atoms with Crippen LogP contribution in [0, 0.1) is 11.3 Å². The predicted molar refractivity (Wildman–Crippen MR) is 68.7 cm³/mol. The zero-order valence-corrected chi connectivity index (χ0v) is 10.1. The molecule has 0 aliphatic heterocycles. The Morgan fingerprint density at radius 3 is 2.71 bits per heavy atom. The number of pyridine rings is 1. The Morgan fingerprint density at radius 1 is 1.18 bits per heavy atom. The Kier molecular flexibility index (Phi) is 3.48. The van der Waals surface area contributed by atoms with Crippen LogP contribution in [0.4, 0.5) is 11.5 Å². The summed E-state index contributed by atoms with van der Waals surface area (Å²) in [6, 6.07) is 12.3. The first-order valence-electron chi connectivity index (χ1n) is 4.78. The van der Waals surface area contributed by atoms with E-state index in [1.165, 1.54) is 0 Å². The minimum atomic E-state index is 0.385. The molecule has 0 aliphatic rings. The molecule has 0 atom stereocenters. The van der Waals surface area contributed by atoms with Gasteiger partial charge in [-0.15, -0.1) is 0 Å². The summed E-state index contributed by atoms with van der Waals surface area (Å²) in [5.41, 5.74) is 1.10. The maximum atomic E-state index is 8.96. The highest BCUT2D eigenvalue weighted by Crippen LogP contribution is 2.23. The third-order valence-corrected chi connectivity index (χ3v) is 2.53. The van der Waals surface area contributed by atoms with E-state index in [2.05, 4.69) is 16.4 Å². The van der Waals surface area contributed by atoms with Gasteiger partial charge in [0.25, 0.3) is 0 Å². The lowest BCUT2D eigenvalue weighted by molar-refractivity contribution is 1.30. The van der Waals surface area contributed by atoms with Crippen molar-refractivity contribution >= 4 is 34.7 Å². The highest BCUT2D eigenvalue weighted by molar-refractivity contribution is 6.31. The molecular formula is C12H7Cl2N3. The molecule has 0 aliphatic carbocycles. The second-order valence-electron chi connectivity index (χ2n) is 3.27. The van der Waals surface area contributed by atoms with Crippen molar-refractivity contribution in [2.45, 2.75) is 0 Å². The van der Waals surface area contributed by atoms with Crippen LogP contribution in [0.2, 0.25) is 10.2 Å². The van der Waals surface area contributed by atoms with Crippen LogP contribution in [0.3, 0.4) is 0 Å². The van der Waals surface area contributed by atoms with Crippen molar-refractivity contribution in [1.29, 1.82) is 5.26 Å². The molecule has 1 aromatic carbocycles. The first-order valence-corrected chi connectivity index (χ1v) is 5.54. The summed E-state index contributed by atoms with van der Waals surface area (Å²) >= 11 is 11.6. The number of rotatable bonds is 2. The zero-order valence-electron chi connectivity index (χ0n) is 8.61. The molecule has 0 saturated heterocycles. The Morgan fingerprint density at radius 2 is 2.00 bits per heavy atom.